The Morgan fingerprint density at radius 2 is 1.95 bits per heavy atom. The highest BCUT2D eigenvalue weighted by atomic mass is 35.5. The minimum absolute atomic E-state index is 0.151. The van der Waals surface area contributed by atoms with Gasteiger partial charge < -0.3 is 9.97 Å². The van der Waals surface area contributed by atoms with E-state index in [0.29, 0.717) is 5.02 Å². The number of aromatic amines is 2. The minimum Gasteiger partial charge on any atom is -0.353 e. The molecule has 3 heterocycles. The van der Waals surface area contributed by atoms with Gasteiger partial charge in [0, 0.05) is 45.5 Å². The molecule has 0 aliphatic carbocycles. The number of rotatable bonds is 1. The summed E-state index contributed by atoms with van der Waals surface area (Å²) in [5.74, 6) is 0. The molecule has 0 aliphatic rings. The molecule has 0 radical (unpaired) electrons. The summed E-state index contributed by atoms with van der Waals surface area (Å²) in [6.07, 6.45) is 3.45. The summed E-state index contributed by atoms with van der Waals surface area (Å²) in [6, 6.07) is 10.9. The van der Waals surface area contributed by atoms with E-state index in [1.165, 1.54) is 0 Å². The molecule has 0 aliphatic heterocycles. The fraction of sp³-hybridized carbons (Fsp3) is 0. The molecule has 0 fully saturated rings. The van der Waals surface area contributed by atoms with Crippen LogP contribution in [0.2, 0.25) is 5.02 Å². The van der Waals surface area contributed by atoms with Crippen molar-refractivity contribution in [3.63, 3.8) is 0 Å². The van der Waals surface area contributed by atoms with Gasteiger partial charge in [0.25, 0.3) is 0 Å². The number of nitrogens with one attached hydrogen (secondary N) is 2. The van der Waals surface area contributed by atoms with E-state index in [4.69, 9.17) is 11.6 Å². The lowest BCUT2D eigenvalue weighted by atomic mass is 10.1. The third-order valence-corrected chi connectivity index (χ3v) is 3.76. The molecule has 4 aromatic rings. The van der Waals surface area contributed by atoms with Crippen LogP contribution in [0.1, 0.15) is 0 Å². The Balaban J connectivity index is 2.17. The molecule has 5 heteroatoms. The molecule has 0 spiro atoms. The maximum atomic E-state index is 12.0. The number of H-pyrrole nitrogens is 2. The molecule has 4 rings (SSSR count). The molecule has 2 N–H and O–H groups in total. The lowest BCUT2D eigenvalue weighted by Gasteiger charge is -2.02. The number of aromatic nitrogens is 3. The van der Waals surface area contributed by atoms with E-state index in [1.807, 2.05) is 30.3 Å². The summed E-state index contributed by atoms with van der Waals surface area (Å²) in [5, 5.41) is 1.54. The maximum Gasteiger partial charge on any atom is 0.249 e. The third-order valence-electron chi connectivity index (χ3n) is 3.53. The zero-order valence-corrected chi connectivity index (χ0v) is 11.6. The van der Waals surface area contributed by atoms with Crippen molar-refractivity contribution in [2.24, 2.45) is 0 Å². The smallest absolute Gasteiger partial charge is 0.249 e. The van der Waals surface area contributed by atoms with Crippen LogP contribution in [-0.4, -0.2) is 15.0 Å². The Hall–Kier alpha value is -2.59. The summed E-state index contributed by atoms with van der Waals surface area (Å²) in [5.41, 5.74) is 4.14. The summed E-state index contributed by atoms with van der Waals surface area (Å²) in [4.78, 5) is 22.3. The highest BCUT2D eigenvalue weighted by Gasteiger charge is 2.12. The number of hydrogen-bond donors (Lipinski definition) is 2. The lowest BCUT2D eigenvalue weighted by Crippen LogP contribution is -2.04. The van der Waals surface area contributed by atoms with Gasteiger partial charge in [-0.25, -0.2) is 0 Å². The fourth-order valence-electron chi connectivity index (χ4n) is 2.61. The summed E-state index contributed by atoms with van der Waals surface area (Å²) in [7, 11) is 0. The van der Waals surface area contributed by atoms with E-state index in [2.05, 4.69) is 15.0 Å². The molecule has 0 saturated heterocycles. The lowest BCUT2D eigenvalue weighted by molar-refractivity contribution is 1.29. The first-order valence-electron chi connectivity index (χ1n) is 6.47. The first-order valence-corrected chi connectivity index (χ1v) is 6.85. The quantitative estimate of drug-likeness (QED) is 0.562. The molecule has 4 nitrogen and oxygen atoms in total. The predicted octanol–water partition coefficient (Wildman–Crippen LogP) is 3.72. The molecule has 0 saturated carbocycles. The van der Waals surface area contributed by atoms with E-state index in [9.17, 15) is 4.79 Å². The van der Waals surface area contributed by atoms with Crippen LogP contribution in [0.5, 0.6) is 0 Å². The average Bonchev–Trinajstić information content (AvgIpc) is 2.85. The summed E-state index contributed by atoms with van der Waals surface area (Å²) < 4.78 is 0. The molecule has 0 bridgehead atoms. The van der Waals surface area contributed by atoms with Gasteiger partial charge in [-0.1, -0.05) is 17.7 Å². The molecule has 0 amide bonds. The number of hydrogen-bond acceptors (Lipinski definition) is 2. The molecule has 102 valence electrons. The van der Waals surface area contributed by atoms with Crippen LogP contribution in [-0.2, 0) is 0 Å². The normalized spacial score (nSPS) is 11.3. The van der Waals surface area contributed by atoms with Crippen LogP contribution in [0, 0.1) is 0 Å². The van der Waals surface area contributed by atoms with Crippen molar-refractivity contribution in [2.45, 2.75) is 0 Å². The van der Waals surface area contributed by atoms with Crippen molar-refractivity contribution >= 4 is 33.5 Å². The van der Waals surface area contributed by atoms with Crippen LogP contribution in [0.4, 0.5) is 0 Å². The van der Waals surface area contributed by atoms with Crippen molar-refractivity contribution in [1.82, 2.24) is 15.0 Å². The van der Waals surface area contributed by atoms with Crippen LogP contribution < -0.4 is 5.56 Å². The molecule has 21 heavy (non-hydrogen) atoms. The van der Waals surface area contributed by atoms with E-state index < -0.39 is 0 Å². The van der Waals surface area contributed by atoms with Crippen molar-refractivity contribution in [3.8, 4) is 11.1 Å². The van der Waals surface area contributed by atoms with E-state index in [-0.39, 0.29) is 5.56 Å². The molecular formula is C16H10ClN3O. The molecule has 3 aromatic heterocycles. The van der Waals surface area contributed by atoms with E-state index >= 15 is 0 Å². The monoisotopic (exact) mass is 295 g/mol. The van der Waals surface area contributed by atoms with Crippen LogP contribution in [0.15, 0.2) is 53.6 Å². The van der Waals surface area contributed by atoms with Crippen molar-refractivity contribution < 1.29 is 0 Å². The third kappa shape index (κ3) is 1.92. The second-order valence-corrected chi connectivity index (χ2v) is 5.29. The average molecular weight is 296 g/mol. The number of nitrogens with zero attached hydrogens (tertiary/aromatic N) is 1. The number of pyridine rings is 2. The van der Waals surface area contributed by atoms with Gasteiger partial charge in [-0.3, -0.25) is 9.78 Å². The van der Waals surface area contributed by atoms with Crippen LogP contribution in [0.25, 0.3) is 33.1 Å². The minimum atomic E-state index is -0.151. The van der Waals surface area contributed by atoms with Gasteiger partial charge >= 0.3 is 0 Å². The highest BCUT2D eigenvalue weighted by molar-refractivity contribution is 6.31. The van der Waals surface area contributed by atoms with Crippen molar-refractivity contribution in [1.29, 1.82) is 0 Å². The second kappa shape index (κ2) is 4.46. The van der Waals surface area contributed by atoms with Gasteiger partial charge in [-0.2, -0.15) is 0 Å². The van der Waals surface area contributed by atoms with Crippen molar-refractivity contribution in [2.75, 3.05) is 0 Å². The molecule has 1 aromatic carbocycles. The zero-order chi connectivity index (χ0) is 14.4. The Bertz CT molecular complexity index is 1020. The second-order valence-electron chi connectivity index (χ2n) is 4.85. The predicted molar refractivity (Wildman–Crippen MR) is 84.7 cm³/mol. The summed E-state index contributed by atoms with van der Waals surface area (Å²) >= 11 is 6.06. The zero-order valence-electron chi connectivity index (χ0n) is 10.9. The SMILES string of the molecule is O=c1cc(-c2cccnc2)c2[nH]c3ccc(Cl)cc3c2[nH]1. The van der Waals surface area contributed by atoms with Gasteiger partial charge in [-0.15, -0.1) is 0 Å². The Morgan fingerprint density at radius 3 is 2.76 bits per heavy atom. The van der Waals surface area contributed by atoms with Crippen LogP contribution in [0.3, 0.4) is 0 Å². The Morgan fingerprint density at radius 1 is 1.05 bits per heavy atom. The van der Waals surface area contributed by atoms with Gasteiger partial charge in [-0.05, 0) is 24.3 Å². The maximum absolute atomic E-state index is 12.0. The highest BCUT2D eigenvalue weighted by Crippen LogP contribution is 2.31. The van der Waals surface area contributed by atoms with Crippen LogP contribution >= 0.6 is 11.6 Å². The largest absolute Gasteiger partial charge is 0.353 e. The topological polar surface area (TPSA) is 61.5 Å². The first kappa shape index (κ1) is 12.2. The number of fused-ring (bicyclic) bond motifs is 3. The number of halogens is 1. The fourth-order valence-corrected chi connectivity index (χ4v) is 2.78. The van der Waals surface area contributed by atoms with Crippen molar-refractivity contribution in [3.05, 3.63) is 64.2 Å². The van der Waals surface area contributed by atoms with E-state index in [0.717, 1.165) is 33.1 Å². The number of benzene rings is 1. The van der Waals surface area contributed by atoms with Gasteiger partial charge in [0.1, 0.15) is 0 Å². The Labute approximate surface area is 124 Å². The molecule has 0 unspecified atom stereocenters. The van der Waals surface area contributed by atoms with Gasteiger partial charge in [0.05, 0.1) is 11.0 Å². The standard InChI is InChI=1S/C16H10ClN3O/c17-10-3-4-13-12(6-10)16-15(19-13)11(7-14(21)20-16)9-2-1-5-18-8-9/h1-8,19H,(H,20,21). The van der Waals surface area contributed by atoms with E-state index in [1.54, 1.807) is 18.5 Å². The molecule has 0 atom stereocenters. The summed E-state index contributed by atoms with van der Waals surface area (Å²) in [6.45, 7) is 0. The Kier molecular flexibility index (Phi) is 2.59. The van der Waals surface area contributed by atoms with Gasteiger partial charge in [0.2, 0.25) is 5.56 Å². The molecular weight excluding hydrogens is 286 g/mol. The van der Waals surface area contributed by atoms with Gasteiger partial charge in [0.15, 0.2) is 0 Å². The first-order chi connectivity index (χ1) is 10.2.